The van der Waals surface area contributed by atoms with Gasteiger partial charge in [0.1, 0.15) is 12.0 Å². The van der Waals surface area contributed by atoms with Gasteiger partial charge in [0.05, 0.1) is 4.92 Å². The molecule has 1 saturated heterocycles. The number of nitro benzene ring substituents is 1. The Morgan fingerprint density at radius 2 is 2.05 bits per heavy atom. The first-order chi connectivity index (χ1) is 10.0. The fourth-order valence-electron chi connectivity index (χ4n) is 2.90. The van der Waals surface area contributed by atoms with Gasteiger partial charge in [-0.3, -0.25) is 14.9 Å². The van der Waals surface area contributed by atoms with Crippen molar-refractivity contribution in [1.82, 2.24) is 4.90 Å². The van der Waals surface area contributed by atoms with E-state index in [4.69, 9.17) is 0 Å². The van der Waals surface area contributed by atoms with Crippen LogP contribution in [0.5, 0.6) is 0 Å². The van der Waals surface area contributed by atoms with Crippen LogP contribution in [-0.2, 0) is 0 Å². The van der Waals surface area contributed by atoms with E-state index in [1.54, 1.807) is 12.1 Å². The Morgan fingerprint density at radius 1 is 1.38 bits per heavy atom. The molecule has 2 rings (SSSR count). The van der Waals surface area contributed by atoms with Crippen molar-refractivity contribution in [2.75, 3.05) is 38.6 Å². The number of hydrogen-bond donors (Lipinski definition) is 0. The van der Waals surface area contributed by atoms with Crippen LogP contribution in [0.25, 0.3) is 0 Å². The molecule has 1 aromatic rings. The molecule has 6 nitrogen and oxygen atoms in total. The molecule has 0 N–H and O–H groups in total. The van der Waals surface area contributed by atoms with Crippen LogP contribution in [0, 0.1) is 16.0 Å². The molecule has 0 aromatic heterocycles. The van der Waals surface area contributed by atoms with E-state index in [-0.39, 0.29) is 5.69 Å². The summed E-state index contributed by atoms with van der Waals surface area (Å²) >= 11 is 0. The zero-order chi connectivity index (χ0) is 15.4. The maximum absolute atomic E-state index is 11.2. The minimum absolute atomic E-state index is 0.0191. The molecule has 6 heteroatoms. The van der Waals surface area contributed by atoms with E-state index in [0.29, 0.717) is 23.5 Å². The Hall–Kier alpha value is -1.95. The number of carbonyl (C=O) groups is 1. The summed E-state index contributed by atoms with van der Waals surface area (Å²) in [5.41, 5.74) is 0.979. The Morgan fingerprint density at radius 3 is 2.57 bits per heavy atom. The van der Waals surface area contributed by atoms with Crippen molar-refractivity contribution in [3.05, 3.63) is 33.9 Å². The number of rotatable bonds is 5. The van der Waals surface area contributed by atoms with Crippen molar-refractivity contribution in [3.63, 3.8) is 0 Å². The van der Waals surface area contributed by atoms with Crippen LogP contribution >= 0.6 is 0 Å². The number of nitro groups is 1. The van der Waals surface area contributed by atoms with Crippen molar-refractivity contribution >= 4 is 17.7 Å². The topological polar surface area (TPSA) is 66.7 Å². The number of aldehydes is 1. The first-order valence-corrected chi connectivity index (χ1v) is 7.14. The van der Waals surface area contributed by atoms with Crippen LogP contribution in [0.2, 0.25) is 0 Å². The largest absolute Gasteiger partial charge is 0.366 e. The van der Waals surface area contributed by atoms with E-state index in [1.165, 1.54) is 6.07 Å². The fourth-order valence-corrected chi connectivity index (χ4v) is 2.90. The van der Waals surface area contributed by atoms with E-state index in [2.05, 4.69) is 23.9 Å². The Kier molecular flexibility index (Phi) is 4.90. The summed E-state index contributed by atoms with van der Waals surface area (Å²) < 4.78 is 0. The quantitative estimate of drug-likeness (QED) is 0.472. The molecule has 0 unspecified atom stereocenters. The highest BCUT2D eigenvalue weighted by Gasteiger charge is 2.25. The standard InChI is InChI=1S/C15H21N3O3/c1-16(2)10-12-5-7-17(8-6-12)14-4-3-13(11-19)9-15(14)18(20)21/h3-4,9,11-12H,5-8,10H2,1-2H3. The summed E-state index contributed by atoms with van der Waals surface area (Å²) in [5.74, 6) is 0.643. The van der Waals surface area contributed by atoms with Gasteiger partial charge in [-0.1, -0.05) is 0 Å². The molecule has 0 spiro atoms. The average Bonchev–Trinajstić information content (AvgIpc) is 2.47. The molecule has 1 fully saturated rings. The zero-order valence-electron chi connectivity index (χ0n) is 12.5. The van der Waals surface area contributed by atoms with Gasteiger partial charge in [0.15, 0.2) is 0 Å². The van der Waals surface area contributed by atoms with E-state index in [1.807, 2.05) is 0 Å². The van der Waals surface area contributed by atoms with Crippen LogP contribution < -0.4 is 4.90 Å². The highest BCUT2D eigenvalue weighted by atomic mass is 16.6. The van der Waals surface area contributed by atoms with E-state index in [0.717, 1.165) is 32.5 Å². The van der Waals surface area contributed by atoms with Gasteiger partial charge in [0, 0.05) is 31.3 Å². The number of anilines is 1. The molecule has 114 valence electrons. The van der Waals surface area contributed by atoms with Gasteiger partial charge in [-0.15, -0.1) is 0 Å². The minimum atomic E-state index is -0.408. The molecule has 1 heterocycles. The molecule has 1 aliphatic heterocycles. The van der Waals surface area contributed by atoms with Crippen LogP contribution in [0.1, 0.15) is 23.2 Å². The number of benzene rings is 1. The maximum Gasteiger partial charge on any atom is 0.293 e. The first-order valence-electron chi connectivity index (χ1n) is 7.14. The second-order valence-corrected chi connectivity index (χ2v) is 5.82. The van der Waals surface area contributed by atoms with Crippen molar-refractivity contribution in [1.29, 1.82) is 0 Å². The SMILES string of the molecule is CN(C)CC1CCN(c2ccc(C=O)cc2[N+](=O)[O-])CC1. The van der Waals surface area contributed by atoms with Crippen LogP contribution in [0.3, 0.4) is 0 Å². The van der Waals surface area contributed by atoms with Crippen molar-refractivity contribution in [2.45, 2.75) is 12.8 Å². The van der Waals surface area contributed by atoms with Gasteiger partial charge in [-0.2, -0.15) is 0 Å². The normalized spacial score (nSPS) is 16.2. The molecule has 0 radical (unpaired) electrons. The Balaban J connectivity index is 2.13. The van der Waals surface area contributed by atoms with Crippen molar-refractivity contribution in [3.8, 4) is 0 Å². The van der Waals surface area contributed by atoms with Crippen LogP contribution in [-0.4, -0.2) is 49.8 Å². The van der Waals surface area contributed by atoms with Gasteiger partial charge in [0.2, 0.25) is 0 Å². The minimum Gasteiger partial charge on any atom is -0.366 e. The maximum atomic E-state index is 11.2. The monoisotopic (exact) mass is 291 g/mol. The molecule has 1 aromatic carbocycles. The molecule has 21 heavy (non-hydrogen) atoms. The van der Waals surface area contributed by atoms with Gasteiger partial charge in [0.25, 0.3) is 5.69 Å². The highest BCUT2D eigenvalue weighted by Crippen LogP contribution is 2.32. The van der Waals surface area contributed by atoms with Crippen molar-refractivity contribution < 1.29 is 9.72 Å². The summed E-state index contributed by atoms with van der Waals surface area (Å²) in [6.07, 6.45) is 2.70. The predicted molar refractivity (Wildman–Crippen MR) is 82.0 cm³/mol. The molecule has 0 bridgehead atoms. The molecule has 1 aliphatic rings. The van der Waals surface area contributed by atoms with Gasteiger partial charge < -0.3 is 9.80 Å². The third-order valence-corrected chi connectivity index (χ3v) is 3.91. The first kappa shape index (κ1) is 15.4. The van der Waals surface area contributed by atoms with E-state index in [9.17, 15) is 14.9 Å². The molecule has 0 saturated carbocycles. The van der Waals surface area contributed by atoms with E-state index < -0.39 is 4.92 Å². The fraction of sp³-hybridized carbons (Fsp3) is 0.533. The molecule has 0 amide bonds. The van der Waals surface area contributed by atoms with Gasteiger partial charge in [-0.05, 0) is 45.0 Å². The Labute approximate surface area is 124 Å². The smallest absolute Gasteiger partial charge is 0.293 e. The molecule has 0 aliphatic carbocycles. The van der Waals surface area contributed by atoms with E-state index >= 15 is 0 Å². The lowest BCUT2D eigenvalue weighted by Gasteiger charge is -2.34. The van der Waals surface area contributed by atoms with Gasteiger partial charge >= 0.3 is 0 Å². The summed E-state index contributed by atoms with van der Waals surface area (Å²) in [4.78, 5) is 25.8. The van der Waals surface area contributed by atoms with Crippen LogP contribution in [0.4, 0.5) is 11.4 Å². The highest BCUT2D eigenvalue weighted by molar-refractivity contribution is 5.79. The average molecular weight is 291 g/mol. The third-order valence-electron chi connectivity index (χ3n) is 3.91. The lowest BCUT2D eigenvalue weighted by atomic mass is 9.96. The van der Waals surface area contributed by atoms with Crippen molar-refractivity contribution in [2.24, 2.45) is 5.92 Å². The Bertz CT molecular complexity index is 523. The number of piperidine rings is 1. The summed E-state index contributed by atoms with van der Waals surface area (Å²) in [6, 6.07) is 4.68. The zero-order valence-corrected chi connectivity index (χ0v) is 12.5. The number of nitrogens with zero attached hydrogens (tertiary/aromatic N) is 3. The lowest BCUT2D eigenvalue weighted by Crippen LogP contribution is -2.37. The molecule has 0 atom stereocenters. The molecular weight excluding hydrogens is 270 g/mol. The summed E-state index contributed by atoms with van der Waals surface area (Å²) in [6.45, 7) is 2.69. The molecular formula is C15H21N3O3. The lowest BCUT2D eigenvalue weighted by molar-refractivity contribution is -0.384. The summed E-state index contributed by atoms with van der Waals surface area (Å²) in [7, 11) is 4.13. The number of hydrogen-bond acceptors (Lipinski definition) is 5. The third kappa shape index (κ3) is 3.78. The van der Waals surface area contributed by atoms with Gasteiger partial charge in [-0.25, -0.2) is 0 Å². The summed E-state index contributed by atoms with van der Waals surface area (Å²) in [5, 5.41) is 11.2. The second kappa shape index (κ2) is 6.67. The second-order valence-electron chi connectivity index (χ2n) is 5.82. The van der Waals surface area contributed by atoms with Crippen LogP contribution in [0.15, 0.2) is 18.2 Å². The predicted octanol–water partition coefficient (Wildman–Crippen LogP) is 2.19. The number of carbonyl (C=O) groups excluding carboxylic acids is 1.